The molecule has 1 heteroatoms. The maximum absolute atomic E-state index is 2.38. The van der Waals surface area contributed by atoms with Gasteiger partial charge in [-0.3, -0.25) is 0 Å². The fraction of sp³-hybridized carbons (Fsp3) is 0.192. The third kappa shape index (κ3) is 8.06. The van der Waals surface area contributed by atoms with Crippen LogP contribution in [0.1, 0.15) is 82.3 Å². The predicted molar refractivity (Wildman–Crippen MR) is 227 cm³/mol. The van der Waals surface area contributed by atoms with Crippen LogP contribution >= 0.6 is 0 Å². The molecular weight excluding hydrogens is 639 g/mol. The Labute approximate surface area is 317 Å². The Morgan fingerprint density at radius 1 is 0.472 bits per heavy atom. The summed E-state index contributed by atoms with van der Waals surface area (Å²) in [7, 11) is 0. The van der Waals surface area contributed by atoms with Crippen molar-refractivity contribution in [1.29, 1.82) is 0 Å². The Morgan fingerprint density at radius 3 is 1.55 bits per heavy atom. The molecule has 53 heavy (non-hydrogen) atoms. The number of hydrogen-bond acceptors (Lipinski definition) is 1. The van der Waals surface area contributed by atoms with E-state index in [4.69, 9.17) is 0 Å². The van der Waals surface area contributed by atoms with Crippen LogP contribution in [0.25, 0.3) is 11.1 Å². The van der Waals surface area contributed by atoms with E-state index in [2.05, 4.69) is 217 Å². The summed E-state index contributed by atoms with van der Waals surface area (Å²) in [6.45, 7) is 15.6. The first-order valence-electron chi connectivity index (χ1n) is 18.9. The SMILES string of the molecule is Cc1ccc(C(c2ccc(-c3ccc(N(c4ccc(C)cc4)c4ccc(C(C)(C)C)cc4C)cc3)cc2)c2ccc(Cc3ccccc3)cc2C)cc1. The van der Waals surface area contributed by atoms with Gasteiger partial charge in [0.25, 0.3) is 0 Å². The average molecular weight is 690 g/mol. The van der Waals surface area contributed by atoms with Crippen molar-refractivity contribution in [2.24, 2.45) is 0 Å². The highest BCUT2D eigenvalue weighted by Crippen LogP contribution is 2.40. The van der Waals surface area contributed by atoms with Crippen LogP contribution in [0.4, 0.5) is 17.1 Å². The van der Waals surface area contributed by atoms with Gasteiger partial charge in [0.1, 0.15) is 0 Å². The third-order valence-corrected chi connectivity index (χ3v) is 10.6. The number of hydrogen-bond donors (Lipinski definition) is 0. The van der Waals surface area contributed by atoms with E-state index in [1.54, 1.807) is 0 Å². The van der Waals surface area contributed by atoms with Crippen LogP contribution in [0.2, 0.25) is 0 Å². The summed E-state index contributed by atoms with van der Waals surface area (Å²) in [6, 6.07) is 60.9. The minimum atomic E-state index is 0.0985. The topological polar surface area (TPSA) is 3.24 Å². The van der Waals surface area contributed by atoms with Gasteiger partial charge in [0.2, 0.25) is 0 Å². The second-order valence-electron chi connectivity index (χ2n) is 15.8. The summed E-state index contributed by atoms with van der Waals surface area (Å²) in [5.41, 5.74) is 19.1. The number of aryl methyl sites for hydroxylation is 4. The molecule has 0 saturated carbocycles. The van der Waals surface area contributed by atoms with Crippen molar-refractivity contribution < 1.29 is 0 Å². The van der Waals surface area contributed by atoms with E-state index in [0.717, 1.165) is 17.8 Å². The molecule has 7 aromatic rings. The number of anilines is 3. The molecule has 1 unspecified atom stereocenters. The van der Waals surface area contributed by atoms with Crippen molar-refractivity contribution in [3.63, 3.8) is 0 Å². The highest BCUT2D eigenvalue weighted by molar-refractivity contribution is 5.80. The molecule has 0 radical (unpaired) electrons. The Kier molecular flexibility index (Phi) is 10.2. The molecule has 0 bridgehead atoms. The van der Waals surface area contributed by atoms with Gasteiger partial charge in [-0.15, -0.1) is 0 Å². The van der Waals surface area contributed by atoms with E-state index >= 15 is 0 Å². The molecule has 1 nitrogen and oxygen atoms in total. The zero-order chi connectivity index (χ0) is 37.1. The molecule has 0 amide bonds. The van der Waals surface area contributed by atoms with E-state index < -0.39 is 0 Å². The molecule has 0 aliphatic rings. The van der Waals surface area contributed by atoms with Crippen LogP contribution in [0.15, 0.2) is 164 Å². The molecule has 0 spiro atoms. The summed E-state index contributed by atoms with van der Waals surface area (Å²) < 4.78 is 0. The summed E-state index contributed by atoms with van der Waals surface area (Å²) in [5, 5.41) is 0. The highest BCUT2D eigenvalue weighted by atomic mass is 15.1. The number of benzene rings is 7. The van der Waals surface area contributed by atoms with Gasteiger partial charge in [0, 0.05) is 23.0 Å². The molecule has 264 valence electrons. The number of rotatable bonds is 9. The summed E-state index contributed by atoms with van der Waals surface area (Å²) in [5.74, 6) is 0.147. The predicted octanol–water partition coefficient (Wildman–Crippen LogP) is 14.1. The minimum absolute atomic E-state index is 0.0985. The molecular formula is C52H51N. The molecule has 0 aliphatic carbocycles. The molecule has 0 aliphatic heterocycles. The Bertz CT molecular complexity index is 2290. The van der Waals surface area contributed by atoms with Gasteiger partial charge in [-0.2, -0.15) is 0 Å². The first-order valence-corrected chi connectivity index (χ1v) is 18.9. The summed E-state index contributed by atoms with van der Waals surface area (Å²) in [4.78, 5) is 2.38. The minimum Gasteiger partial charge on any atom is -0.310 e. The molecule has 0 fully saturated rings. The maximum atomic E-state index is 2.38. The molecule has 0 N–H and O–H groups in total. The molecule has 1 atom stereocenters. The van der Waals surface area contributed by atoms with E-state index in [1.165, 1.54) is 72.4 Å². The van der Waals surface area contributed by atoms with E-state index in [1.807, 2.05) is 0 Å². The van der Waals surface area contributed by atoms with Crippen molar-refractivity contribution in [1.82, 2.24) is 0 Å². The lowest BCUT2D eigenvalue weighted by Gasteiger charge is -2.29. The first-order chi connectivity index (χ1) is 25.5. The normalized spacial score (nSPS) is 12.1. The standard InChI is InChI=1S/C52H51N/c1-36-13-18-44(19-14-36)51(49-31-17-41(33-38(49)3)35-40-11-9-8-10-12-40)45-22-20-42(21-23-45)43-24-29-48(30-25-43)53(47-27-15-37(2)16-28-47)50-32-26-46(34-39(50)4)52(5,6)7/h8-34,51H,35H2,1-7H3. The lowest BCUT2D eigenvalue weighted by atomic mass is 9.81. The Balaban J connectivity index is 1.20. The molecule has 0 aromatic heterocycles. The van der Waals surface area contributed by atoms with Gasteiger partial charge in [-0.05, 0) is 125 Å². The molecule has 0 saturated heterocycles. The van der Waals surface area contributed by atoms with Crippen LogP contribution in [0, 0.1) is 27.7 Å². The van der Waals surface area contributed by atoms with Crippen LogP contribution in [-0.2, 0) is 11.8 Å². The summed E-state index contributed by atoms with van der Waals surface area (Å²) >= 11 is 0. The zero-order valence-electron chi connectivity index (χ0n) is 32.3. The lowest BCUT2D eigenvalue weighted by molar-refractivity contribution is 0.590. The highest BCUT2D eigenvalue weighted by Gasteiger charge is 2.21. The van der Waals surface area contributed by atoms with Gasteiger partial charge in [0.05, 0.1) is 0 Å². The van der Waals surface area contributed by atoms with Gasteiger partial charge in [-0.1, -0.05) is 165 Å². The van der Waals surface area contributed by atoms with Gasteiger partial charge in [0.15, 0.2) is 0 Å². The maximum Gasteiger partial charge on any atom is 0.0490 e. The van der Waals surface area contributed by atoms with Crippen LogP contribution < -0.4 is 4.90 Å². The van der Waals surface area contributed by atoms with Crippen molar-refractivity contribution in [2.75, 3.05) is 4.90 Å². The van der Waals surface area contributed by atoms with Gasteiger partial charge < -0.3 is 4.90 Å². The molecule has 7 rings (SSSR count). The second-order valence-corrected chi connectivity index (χ2v) is 15.8. The fourth-order valence-corrected chi connectivity index (χ4v) is 7.48. The van der Waals surface area contributed by atoms with Crippen molar-refractivity contribution in [2.45, 2.75) is 66.2 Å². The lowest BCUT2D eigenvalue weighted by Crippen LogP contribution is -2.14. The quantitative estimate of drug-likeness (QED) is 0.136. The zero-order valence-corrected chi connectivity index (χ0v) is 32.3. The van der Waals surface area contributed by atoms with Crippen molar-refractivity contribution >= 4 is 17.1 Å². The fourth-order valence-electron chi connectivity index (χ4n) is 7.48. The first kappa shape index (κ1) is 35.7. The monoisotopic (exact) mass is 689 g/mol. The van der Waals surface area contributed by atoms with E-state index in [-0.39, 0.29) is 11.3 Å². The van der Waals surface area contributed by atoms with Crippen molar-refractivity contribution in [3.8, 4) is 11.1 Å². The molecule has 0 heterocycles. The Morgan fingerprint density at radius 2 is 1.00 bits per heavy atom. The van der Waals surface area contributed by atoms with Crippen LogP contribution in [0.3, 0.4) is 0 Å². The third-order valence-electron chi connectivity index (χ3n) is 10.6. The second kappa shape index (κ2) is 15.1. The smallest absolute Gasteiger partial charge is 0.0490 e. The number of nitrogens with zero attached hydrogens (tertiary/aromatic N) is 1. The van der Waals surface area contributed by atoms with Crippen LogP contribution in [-0.4, -0.2) is 0 Å². The molecule has 7 aromatic carbocycles. The average Bonchev–Trinajstić information content (AvgIpc) is 3.15. The van der Waals surface area contributed by atoms with Crippen molar-refractivity contribution in [3.05, 3.63) is 219 Å². The Hall–Kier alpha value is -5.66. The summed E-state index contributed by atoms with van der Waals surface area (Å²) in [6.07, 6.45) is 0.941. The van der Waals surface area contributed by atoms with E-state index in [0.29, 0.717) is 0 Å². The van der Waals surface area contributed by atoms with Gasteiger partial charge >= 0.3 is 0 Å². The largest absolute Gasteiger partial charge is 0.310 e. The van der Waals surface area contributed by atoms with E-state index in [9.17, 15) is 0 Å². The van der Waals surface area contributed by atoms with Gasteiger partial charge in [-0.25, -0.2) is 0 Å². The van der Waals surface area contributed by atoms with Crippen LogP contribution in [0.5, 0.6) is 0 Å².